The standard InChI is InChI=1S/C9H13N5O6S/c1-4-8(7(9(17)18)13-12-4)21(19,20)14(2-5(10)15)3-6(11)16/h2-3H2,1H3,(H2,10,15)(H2,11,16)(H,12,13)(H,17,18). The number of aromatic carboxylic acids is 1. The van der Waals surface area contributed by atoms with Crippen molar-refractivity contribution in [1.29, 1.82) is 0 Å². The van der Waals surface area contributed by atoms with Crippen LogP contribution < -0.4 is 11.5 Å². The monoisotopic (exact) mass is 319 g/mol. The van der Waals surface area contributed by atoms with Crippen molar-refractivity contribution in [3.8, 4) is 0 Å². The number of sulfonamides is 1. The van der Waals surface area contributed by atoms with E-state index in [-0.39, 0.29) is 5.69 Å². The quantitative estimate of drug-likeness (QED) is 0.422. The average Bonchev–Trinajstić information content (AvgIpc) is 2.69. The van der Waals surface area contributed by atoms with Crippen molar-refractivity contribution >= 4 is 27.8 Å². The van der Waals surface area contributed by atoms with E-state index in [0.29, 0.717) is 4.31 Å². The Balaban J connectivity index is 3.41. The van der Waals surface area contributed by atoms with Crippen LogP contribution in [0.3, 0.4) is 0 Å². The number of nitrogens with one attached hydrogen (secondary N) is 1. The van der Waals surface area contributed by atoms with Gasteiger partial charge in [0.25, 0.3) is 0 Å². The Morgan fingerprint density at radius 2 is 1.71 bits per heavy atom. The molecule has 1 aromatic rings. The highest BCUT2D eigenvalue weighted by atomic mass is 32.2. The van der Waals surface area contributed by atoms with E-state index in [4.69, 9.17) is 16.6 Å². The smallest absolute Gasteiger partial charge is 0.357 e. The van der Waals surface area contributed by atoms with Crippen LogP contribution >= 0.6 is 0 Å². The van der Waals surface area contributed by atoms with Gasteiger partial charge in [0.1, 0.15) is 4.90 Å². The van der Waals surface area contributed by atoms with Gasteiger partial charge < -0.3 is 16.6 Å². The zero-order valence-electron chi connectivity index (χ0n) is 10.9. The Kier molecular flexibility index (Phi) is 4.65. The molecule has 1 heterocycles. The lowest BCUT2D eigenvalue weighted by molar-refractivity contribution is -0.120. The number of carbonyl (C=O) groups excluding carboxylic acids is 2. The van der Waals surface area contributed by atoms with Crippen LogP contribution in [0.15, 0.2) is 4.90 Å². The summed E-state index contributed by atoms with van der Waals surface area (Å²) in [7, 11) is -4.50. The van der Waals surface area contributed by atoms with Crippen LogP contribution in [-0.4, -0.2) is 58.9 Å². The Morgan fingerprint density at radius 3 is 2.10 bits per heavy atom. The number of carboxylic acids is 1. The lowest BCUT2D eigenvalue weighted by atomic mass is 10.4. The molecule has 1 aromatic heterocycles. The molecule has 1 rings (SSSR count). The van der Waals surface area contributed by atoms with Crippen LogP contribution in [-0.2, 0) is 19.6 Å². The largest absolute Gasteiger partial charge is 0.476 e. The van der Waals surface area contributed by atoms with Crippen LogP contribution in [0.4, 0.5) is 0 Å². The Labute approximate surface area is 118 Å². The zero-order chi connectivity index (χ0) is 16.4. The van der Waals surface area contributed by atoms with Gasteiger partial charge in [0.05, 0.1) is 18.8 Å². The second-order valence-electron chi connectivity index (χ2n) is 4.04. The van der Waals surface area contributed by atoms with E-state index >= 15 is 0 Å². The van der Waals surface area contributed by atoms with Gasteiger partial charge in [-0.15, -0.1) is 0 Å². The molecule has 0 saturated carbocycles. The normalized spacial score (nSPS) is 11.5. The summed E-state index contributed by atoms with van der Waals surface area (Å²) in [4.78, 5) is 32.2. The van der Waals surface area contributed by atoms with Crippen LogP contribution in [0.1, 0.15) is 16.2 Å². The minimum Gasteiger partial charge on any atom is -0.476 e. The molecule has 6 N–H and O–H groups in total. The first-order valence-electron chi connectivity index (χ1n) is 5.42. The predicted octanol–water partition coefficient (Wildman–Crippen LogP) is -2.62. The lowest BCUT2D eigenvalue weighted by Crippen LogP contribution is -2.43. The highest BCUT2D eigenvalue weighted by Gasteiger charge is 2.34. The summed E-state index contributed by atoms with van der Waals surface area (Å²) in [5.74, 6) is -3.65. The van der Waals surface area contributed by atoms with Crippen LogP contribution in [0, 0.1) is 6.92 Å². The molecule has 0 aliphatic heterocycles. The number of hydrogen-bond donors (Lipinski definition) is 4. The maximum Gasteiger partial charge on any atom is 0.357 e. The number of aromatic amines is 1. The summed E-state index contributed by atoms with van der Waals surface area (Å²) in [6.45, 7) is -0.372. The molecule has 0 radical (unpaired) electrons. The third kappa shape index (κ3) is 3.55. The number of H-pyrrole nitrogens is 1. The van der Waals surface area contributed by atoms with Gasteiger partial charge in [-0.3, -0.25) is 14.7 Å². The number of rotatable bonds is 7. The van der Waals surface area contributed by atoms with Gasteiger partial charge in [-0.2, -0.15) is 9.40 Å². The van der Waals surface area contributed by atoms with E-state index in [9.17, 15) is 22.8 Å². The summed E-state index contributed by atoms with van der Waals surface area (Å²) in [5.41, 5.74) is 9.01. The molecule has 0 bridgehead atoms. The van der Waals surface area contributed by atoms with Crippen molar-refractivity contribution in [2.75, 3.05) is 13.1 Å². The topological polar surface area (TPSA) is 190 Å². The number of aryl methyl sites for hydroxylation is 1. The molecule has 0 saturated heterocycles. The fraction of sp³-hybridized carbons (Fsp3) is 0.333. The minimum absolute atomic E-state index is 0.0636. The highest BCUT2D eigenvalue weighted by molar-refractivity contribution is 7.89. The molecule has 0 aliphatic carbocycles. The minimum atomic E-state index is -4.50. The zero-order valence-corrected chi connectivity index (χ0v) is 11.7. The fourth-order valence-corrected chi connectivity index (χ4v) is 3.24. The Morgan fingerprint density at radius 1 is 1.24 bits per heavy atom. The first-order chi connectivity index (χ1) is 9.57. The SMILES string of the molecule is Cc1[nH]nc(C(=O)O)c1S(=O)(=O)N(CC(N)=O)CC(N)=O. The summed E-state index contributed by atoms with van der Waals surface area (Å²) in [6, 6.07) is 0. The van der Waals surface area contributed by atoms with Crippen LogP contribution in [0.2, 0.25) is 0 Å². The third-order valence-electron chi connectivity index (χ3n) is 2.36. The first kappa shape index (κ1) is 16.6. The average molecular weight is 319 g/mol. The fourth-order valence-electron chi connectivity index (χ4n) is 1.58. The highest BCUT2D eigenvalue weighted by Crippen LogP contribution is 2.22. The molecule has 116 valence electrons. The van der Waals surface area contributed by atoms with Crippen LogP contribution in [0.5, 0.6) is 0 Å². The molecule has 21 heavy (non-hydrogen) atoms. The third-order valence-corrected chi connectivity index (χ3v) is 4.31. The summed E-state index contributed by atoms with van der Waals surface area (Å²) < 4.78 is 25.2. The molecule has 11 nitrogen and oxygen atoms in total. The summed E-state index contributed by atoms with van der Waals surface area (Å²) in [6.07, 6.45) is 0. The maximum absolute atomic E-state index is 12.4. The second kappa shape index (κ2) is 5.88. The molecule has 0 aliphatic rings. The molecule has 12 heteroatoms. The number of nitrogens with two attached hydrogens (primary N) is 2. The predicted molar refractivity (Wildman–Crippen MR) is 67.4 cm³/mol. The molecule has 0 unspecified atom stereocenters. The van der Waals surface area contributed by atoms with E-state index in [1.807, 2.05) is 0 Å². The van der Waals surface area contributed by atoms with Crippen LogP contribution in [0.25, 0.3) is 0 Å². The van der Waals surface area contributed by atoms with E-state index in [2.05, 4.69) is 10.2 Å². The molecular weight excluding hydrogens is 306 g/mol. The van der Waals surface area contributed by atoms with Crippen molar-refractivity contribution in [3.05, 3.63) is 11.4 Å². The van der Waals surface area contributed by atoms with E-state index in [0.717, 1.165) is 0 Å². The molecule has 0 spiro atoms. The number of aromatic nitrogens is 2. The summed E-state index contributed by atoms with van der Waals surface area (Å²) in [5, 5.41) is 14.5. The van der Waals surface area contributed by atoms with Gasteiger partial charge in [0, 0.05) is 0 Å². The Bertz CT molecular complexity index is 677. The lowest BCUT2D eigenvalue weighted by Gasteiger charge is -2.19. The van der Waals surface area contributed by atoms with Gasteiger partial charge in [0.15, 0.2) is 5.69 Å². The van der Waals surface area contributed by atoms with Crippen molar-refractivity contribution < 1.29 is 27.9 Å². The number of amides is 2. The molecule has 0 atom stereocenters. The number of carboxylic acid groups (broad SMARTS) is 1. The van der Waals surface area contributed by atoms with Gasteiger partial charge in [-0.25, -0.2) is 13.2 Å². The van der Waals surface area contributed by atoms with Crippen molar-refractivity contribution in [2.45, 2.75) is 11.8 Å². The van der Waals surface area contributed by atoms with Crippen molar-refractivity contribution in [3.63, 3.8) is 0 Å². The van der Waals surface area contributed by atoms with Crippen molar-refractivity contribution in [2.24, 2.45) is 11.5 Å². The van der Waals surface area contributed by atoms with Gasteiger partial charge in [-0.1, -0.05) is 0 Å². The first-order valence-corrected chi connectivity index (χ1v) is 6.86. The van der Waals surface area contributed by atoms with Gasteiger partial charge in [-0.05, 0) is 6.92 Å². The van der Waals surface area contributed by atoms with Gasteiger partial charge >= 0.3 is 5.97 Å². The molecule has 2 amide bonds. The molecule has 0 aromatic carbocycles. The van der Waals surface area contributed by atoms with E-state index in [1.54, 1.807) is 0 Å². The van der Waals surface area contributed by atoms with Crippen molar-refractivity contribution in [1.82, 2.24) is 14.5 Å². The number of nitrogens with zero attached hydrogens (tertiary/aromatic N) is 2. The number of carbonyl (C=O) groups is 3. The number of hydrogen-bond acceptors (Lipinski definition) is 6. The van der Waals surface area contributed by atoms with E-state index in [1.165, 1.54) is 6.92 Å². The Hall–Kier alpha value is -2.47. The maximum atomic E-state index is 12.4. The van der Waals surface area contributed by atoms with E-state index < -0.39 is 51.5 Å². The van der Waals surface area contributed by atoms with Gasteiger partial charge in [0.2, 0.25) is 21.8 Å². The second-order valence-corrected chi connectivity index (χ2v) is 5.91. The number of primary amides is 2. The molecule has 0 fully saturated rings. The molecular formula is C9H13N5O6S. The summed E-state index contributed by atoms with van der Waals surface area (Å²) >= 11 is 0.